The average Bonchev–Trinajstić information content (AvgIpc) is 3.27. The Kier molecular flexibility index (Phi) is 8.75. The van der Waals surface area contributed by atoms with E-state index in [4.69, 9.17) is 9.47 Å². The summed E-state index contributed by atoms with van der Waals surface area (Å²) in [6.07, 6.45) is 2.88. The number of benzene rings is 3. The van der Waals surface area contributed by atoms with Gasteiger partial charge in [-0.25, -0.2) is 9.59 Å². The summed E-state index contributed by atoms with van der Waals surface area (Å²) in [6.45, 7) is 1.28. The molecule has 3 aromatic carbocycles. The van der Waals surface area contributed by atoms with Crippen LogP contribution in [0.4, 0.5) is 5.69 Å². The summed E-state index contributed by atoms with van der Waals surface area (Å²) >= 11 is 0. The topological polar surface area (TPSA) is 150 Å². The number of allylic oxidation sites excluding steroid dienone is 2. The van der Waals surface area contributed by atoms with E-state index in [1.165, 1.54) is 48.5 Å². The predicted octanol–water partition coefficient (Wildman–Crippen LogP) is 4.49. The number of esters is 2. The normalized spacial score (nSPS) is 18.2. The number of fused-ring (bicyclic) bond motifs is 1. The highest BCUT2D eigenvalue weighted by Crippen LogP contribution is 2.39. The Morgan fingerprint density at radius 1 is 0.909 bits per heavy atom. The lowest BCUT2D eigenvalue weighted by molar-refractivity contribution is -0.384. The first kappa shape index (κ1) is 30.0. The number of non-ortho nitro benzene ring substituents is 1. The van der Waals surface area contributed by atoms with Gasteiger partial charge in [-0.2, -0.15) is 0 Å². The molecule has 1 heterocycles. The molecule has 1 aliphatic heterocycles. The molecule has 3 unspecified atom stereocenters. The maximum absolute atomic E-state index is 13.4. The van der Waals surface area contributed by atoms with Crippen LogP contribution in [0.25, 0.3) is 0 Å². The summed E-state index contributed by atoms with van der Waals surface area (Å²) in [6, 6.07) is 18.2. The number of carbonyl (C=O) groups excluding carboxylic acids is 5. The van der Waals surface area contributed by atoms with E-state index in [9.17, 15) is 34.1 Å². The van der Waals surface area contributed by atoms with Gasteiger partial charge >= 0.3 is 11.9 Å². The van der Waals surface area contributed by atoms with Crippen molar-refractivity contribution in [3.8, 4) is 5.75 Å². The van der Waals surface area contributed by atoms with E-state index < -0.39 is 58.9 Å². The summed E-state index contributed by atoms with van der Waals surface area (Å²) in [7, 11) is 0. The molecule has 11 heteroatoms. The molecule has 0 radical (unpaired) electrons. The number of hydrogen-bond donors (Lipinski definition) is 0. The minimum atomic E-state index is -1.22. The number of rotatable bonds is 10. The van der Waals surface area contributed by atoms with E-state index in [-0.39, 0.29) is 29.0 Å². The average molecular weight is 597 g/mol. The van der Waals surface area contributed by atoms with Crippen LogP contribution >= 0.6 is 0 Å². The minimum Gasteiger partial charge on any atom is -0.456 e. The third-order valence-corrected chi connectivity index (χ3v) is 7.76. The Morgan fingerprint density at radius 2 is 1.55 bits per heavy atom. The molecule has 5 rings (SSSR count). The number of hydrogen-bond acceptors (Lipinski definition) is 9. The Hall–Kier alpha value is -5.45. The first-order chi connectivity index (χ1) is 21.1. The zero-order valence-corrected chi connectivity index (χ0v) is 23.7. The van der Waals surface area contributed by atoms with Gasteiger partial charge < -0.3 is 9.47 Å². The van der Waals surface area contributed by atoms with Crippen LogP contribution < -0.4 is 4.74 Å². The molecule has 2 amide bonds. The van der Waals surface area contributed by atoms with E-state index >= 15 is 0 Å². The van der Waals surface area contributed by atoms with E-state index in [1.54, 1.807) is 24.3 Å². The predicted molar refractivity (Wildman–Crippen MR) is 156 cm³/mol. The lowest BCUT2D eigenvalue weighted by Gasteiger charge is -2.25. The summed E-state index contributed by atoms with van der Waals surface area (Å²) in [5.41, 5.74) is 1.86. The lowest BCUT2D eigenvalue weighted by atomic mass is 9.82. The number of amides is 2. The van der Waals surface area contributed by atoms with Gasteiger partial charge in [0, 0.05) is 24.1 Å². The van der Waals surface area contributed by atoms with Crippen LogP contribution in [-0.4, -0.2) is 52.0 Å². The minimum absolute atomic E-state index is 0.0476. The fraction of sp³-hybridized carbons (Fsp3) is 0.242. The second kappa shape index (κ2) is 12.8. The van der Waals surface area contributed by atoms with Gasteiger partial charge in [-0.3, -0.25) is 29.4 Å². The van der Waals surface area contributed by atoms with Crippen molar-refractivity contribution in [2.24, 2.45) is 11.8 Å². The van der Waals surface area contributed by atoms with Crippen molar-refractivity contribution in [2.45, 2.75) is 32.2 Å². The monoisotopic (exact) mass is 596 g/mol. The highest BCUT2D eigenvalue weighted by Gasteiger charge is 2.52. The molecule has 3 aromatic rings. The summed E-state index contributed by atoms with van der Waals surface area (Å²) < 4.78 is 10.6. The highest BCUT2D eigenvalue weighted by molar-refractivity contribution is 6.08. The van der Waals surface area contributed by atoms with Gasteiger partial charge in [-0.1, -0.05) is 42.0 Å². The molecular formula is C33H28N2O9. The molecule has 0 N–H and O–H groups in total. The molecule has 1 saturated heterocycles. The highest BCUT2D eigenvalue weighted by atomic mass is 16.6. The van der Waals surface area contributed by atoms with Gasteiger partial charge in [0.05, 0.1) is 22.3 Å². The SMILES string of the molecule is CC1=CCC2C(=O)N(C(Cc3ccccc3)C(=O)OCC(=O)c3ccc(OC(=O)c4ccc([N+](=O)[O-])cc4)cc3)C(=O)C2C1. The van der Waals surface area contributed by atoms with Crippen molar-refractivity contribution in [1.29, 1.82) is 0 Å². The van der Waals surface area contributed by atoms with Gasteiger partial charge in [0.25, 0.3) is 5.69 Å². The number of nitro groups is 1. The molecular weight excluding hydrogens is 568 g/mol. The molecule has 224 valence electrons. The molecule has 2 aliphatic rings. The molecule has 11 nitrogen and oxygen atoms in total. The second-order valence-corrected chi connectivity index (χ2v) is 10.7. The number of carbonyl (C=O) groups is 5. The summed E-state index contributed by atoms with van der Waals surface area (Å²) in [5, 5.41) is 10.8. The summed E-state index contributed by atoms with van der Waals surface area (Å²) in [5.74, 6) is -3.88. The van der Waals surface area contributed by atoms with Crippen LogP contribution in [-0.2, 0) is 25.5 Å². The van der Waals surface area contributed by atoms with Crippen molar-refractivity contribution in [3.63, 3.8) is 0 Å². The Labute approximate surface area is 252 Å². The van der Waals surface area contributed by atoms with Crippen molar-refractivity contribution in [2.75, 3.05) is 6.61 Å². The summed E-state index contributed by atoms with van der Waals surface area (Å²) in [4.78, 5) is 76.6. The van der Waals surface area contributed by atoms with E-state index in [0.717, 1.165) is 16.0 Å². The Balaban J connectivity index is 1.23. The maximum Gasteiger partial charge on any atom is 0.343 e. The zero-order chi connectivity index (χ0) is 31.4. The first-order valence-electron chi connectivity index (χ1n) is 14.0. The molecule has 0 spiro atoms. The van der Waals surface area contributed by atoms with Crippen LogP contribution in [0.15, 0.2) is 90.5 Å². The van der Waals surface area contributed by atoms with Crippen LogP contribution in [0.1, 0.15) is 46.0 Å². The second-order valence-electron chi connectivity index (χ2n) is 10.7. The number of nitro benzene ring substituents is 1. The quantitative estimate of drug-likeness (QED) is 0.0627. The smallest absolute Gasteiger partial charge is 0.343 e. The Morgan fingerprint density at radius 3 is 2.20 bits per heavy atom. The van der Waals surface area contributed by atoms with E-state index in [2.05, 4.69) is 0 Å². The number of ether oxygens (including phenoxy) is 2. The van der Waals surface area contributed by atoms with Crippen LogP contribution in [0.3, 0.4) is 0 Å². The maximum atomic E-state index is 13.4. The standard InChI is InChI=1S/C33H28N2O9/c1-20-7-16-26-27(17-20)31(38)34(30(26)37)28(18-21-5-3-2-4-6-21)33(40)43-19-29(36)22-10-14-25(15-11-22)44-32(39)23-8-12-24(13-9-23)35(41)42/h2-15,26-28H,16-19H2,1H3. The van der Waals surface area contributed by atoms with Crippen molar-refractivity contribution in [3.05, 3.63) is 117 Å². The van der Waals surface area contributed by atoms with Crippen molar-refractivity contribution < 1.29 is 38.4 Å². The van der Waals surface area contributed by atoms with Crippen molar-refractivity contribution in [1.82, 2.24) is 4.90 Å². The zero-order valence-electron chi connectivity index (χ0n) is 23.7. The third kappa shape index (κ3) is 6.46. The third-order valence-electron chi connectivity index (χ3n) is 7.76. The molecule has 44 heavy (non-hydrogen) atoms. The van der Waals surface area contributed by atoms with E-state index in [0.29, 0.717) is 12.8 Å². The number of imide groups is 1. The molecule has 1 fully saturated rings. The molecule has 0 saturated carbocycles. The van der Waals surface area contributed by atoms with Crippen LogP contribution in [0.5, 0.6) is 5.75 Å². The molecule has 1 aliphatic carbocycles. The van der Waals surface area contributed by atoms with Crippen LogP contribution in [0.2, 0.25) is 0 Å². The largest absolute Gasteiger partial charge is 0.456 e. The fourth-order valence-electron chi connectivity index (χ4n) is 5.40. The number of likely N-dealkylation sites (tertiary alicyclic amines) is 1. The van der Waals surface area contributed by atoms with Gasteiger partial charge in [-0.15, -0.1) is 0 Å². The molecule has 3 atom stereocenters. The Bertz CT molecular complexity index is 1650. The first-order valence-corrected chi connectivity index (χ1v) is 14.0. The van der Waals surface area contributed by atoms with Gasteiger partial charge in [0.1, 0.15) is 11.8 Å². The lowest BCUT2D eigenvalue weighted by Crippen LogP contribution is -2.48. The molecule has 0 bridgehead atoms. The number of nitrogens with zero attached hydrogens (tertiary/aromatic N) is 2. The molecule has 0 aromatic heterocycles. The van der Waals surface area contributed by atoms with E-state index in [1.807, 2.05) is 19.1 Å². The fourth-order valence-corrected chi connectivity index (χ4v) is 5.40. The van der Waals surface area contributed by atoms with Crippen LogP contribution in [0, 0.1) is 22.0 Å². The number of Topliss-reactive ketones (excluding diaryl/α,β-unsaturated/α-hetero) is 1. The van der Waals surface area contributed by atoms with Crippen molar-refractivity contribution >= 4 is 35.2 Å². The number of ketones is 1. The van der Waals surface area contributed by atoms with Gasteiger partial charge in [-0.05, 0) is 61.7 Å². The van der Waals surface area contributed by atoms with Gasteiger partial charge in [0.2, 0.25) is 11.8 Å². The van der Waals surface area contributed by atoms with Gasteiger partial charge in [0.15, 0.2) is 12.4 Å².